The predicted octanol–water partition coefficient (Wildman–Crippen LogP) is 3.97. The monoisotopic (exact) mass is 270 g/mol. The second kappa shape index (κ2) is 4.46. The van der Waals surface area contributed by atoms with Gasteiger partial charge in [0.2, 0.25) is 5.76 Å². The minimum absolute atomic E-state index is 0.117. The lowest BCUT2D eigenvalue weighted by atomic mass is 10.0. The van der Waals surface area contributed by atoms with Crippen molar-refractivity contribution in [3.63, 3.8) is 0 Å². The maximum absolute atomic E-state index is 12.9. The average molecular weight is 270 g/mol. The molecule has 19 heavy (non-hydrogen) atoms. The van der Waals surface area contributed by atoms with Gasteiger partial charge >= 0.3 is 12.1 Å². The molecule has 1 N–H and O–H groups in total. The minimum atomic E-state index is -4.53. The molecule has 2 aromatic rings. The van der Waals surface area contributed by atoms with Crippen molar-refractivity contribution in [2.24, 2.45) is 0 Å². The zero-order valence-corrected chi connectivity index (χ0v) is 9.78. The molecular weight excluding hydrogens is 261 g/mol. The lowest BCUT2D eigenvalue weighted by Crippen LogP contribution is -2.07. The summed E-state index contributed by atoms with van der Waals surface area (Å²) in [4.78, 5) is 10.7. The van der Waals surface area contributed by atoms with E-state index >= 15 is 0 Å². The van der Waals surface area contributed by atoms with Crippen LogP contribution in [0.2, 0.25) is 0 Å². The molecule has 1 aromatic heterocycles. The Hall–Kier alpha value is -2.24. The van der Waals surface area contributed by atoms with Crippen LogP contribution in [0.15, 0.2) is 34.7 Å². The molecule has 1 heterocycles. The summed E-state index contributed by atoms with van der Waals surface area (Å²) in [6.45, 7) is 1.64. The summed E-state index contributed by atoms with van der Waals surface area (Å²) in [5.74, 6) is -1.84. The fourth-order valence-corrected chi connectivity index (χ4v) is 1.71. The summed E-state index contributed by atoms with van der Waals surface area (Å²) in [7, 11) is 0. The number of aromatic carboxylic acids is 1. The number of halogens is 3. The van der Waals surface area contributed by atoms with Crippen molar-refractivity contribution >= 4 is 5.97 Å². The molecule has 0 aliphatic heterocycles. The van der Waals surface area contributed by atoms with Crippen molar-refractivity contribution in [1.29, 1.82) is 0 Å². The SMILES string of the molecule is Cc1ccc(C(F)(F)F)c(-c2ccc(C(=O)O)o2)c1. The molecule has 0 saturated heterocycles. The highest BCUT2D eigenvalue weighted by molar-refractivity contribution is 5.85. The summed E-state index contributed by atoms with van der Waals surface area (Å²) in [5, 5.41) is 8.71. The Bertz CT molecular complexity index is 626. The summed E-state index contributed by atoms with van der Waals surface area (Å²) in [6, 6.07) is 5.95. The molecule has 0 aliphatic rings. The maximum Gasteiger partial charge on any atom is 0.417 e. The topological polar surface area (TPSA) is 50.4 Å². The van der Waals surface area contributed by atoms with Gasteiger partial charge in [-0.05, 0) is 31.2 Å². The number of carboxylic acid groups (broad SMARTS) is 1. The molecule has 0 saturated carbocycles. The molecule has 0 radical (unpaired) electrons. The number of carbonyl (C=O) groups is 1. The van der Waals surface area contributed by atoms with Crippen LogP contribution in [0.3, 0.4) is 0 Å². The second-order valence-corrected chi connectivity index (χ2v) is 4.02. The van der Waals surface area contributed by atoms with E-state index in [0.717, 1.165) is 12.1 Å². The van der Waals surface area contributed by atoms with Crippen LogP contribution >= 0.6 is 0 Å². The third kappa shape index (κ3) is 2.62. The third-order valence-corrected chi connectivity index (χ3v) is 2.56. The normalized spacial score (nSPS) is 11.6. The quantitative estimate of drug-likeness (QED) is 0.898. The first-order valence-corrected chi connectivity index (χ1v) is 5.30. The fraction of sp³-hybridized carbons (Fsp3) is 0.154. The highest BCUT2D eigenvalue weighted by Gasteiger charge is 2.34. The van der Waals surface area contributed by atoms with Gasteiger partial charge in [0, 0.05) is 5.56 Å². The second-order valence-electron chi connectivity index (χ2n) is 4.02. The van der Waals surface area contributed by atoms with E-state index in [1.807, 2.05) is 0 Å². The third-order valence-electron chi connectivity index (χ3n) is 2.56. The molecule has 0 atom stereocenters. The van der Waals surface area contributed by atoms with Gasteiger partial charge in [-0.1, -0.05) is 11.6 Å². The zero-order valence-electron chi connectivity index (χ0n) is 9.78. The van der Waals surface area contributed by atoms with Gasteiger partial charge in [0.15, 0.2) is 0 Å². The predicted molar refractivity (Wildman–Crippen MR) is 60.8 cm³/mol. The van der Waals surface area contributed by atoms with Crippen LogP contribution < -0.4 is 0 Å². The van der Waals surface area contributed by atoms with Crippen LogP contribution in [0.1, 0.15) is 21.7 Å². The maximum atomic E-state index is 12.9. The number of hydrogen-bond donors (Lipinski definition) is 1. The van der Waals surface area contributed by atoms with Crippen LogP contribution in [0.25, 0.3) is 11.3 Å². The van der Waals surface area contributed by atoms with Gasteiger partial charge in [0.1, 0.15) is 5.76 Å². The van der Waals surface area contributed by atoms with Crippen LogP contribution in [0.5, 0.6) is 0 Å². The van der Waals surface area contributed by atoms with E-state index in [2.05, 4.69) is 0 Å². The van der Waals surface area contributed by atoms with Gasteiger partial charge in [-0.2, -0.15) is 13.2 Å². The van der Waals surface area contributed by atoms with Crippen LogP contribution in [0, 0.1) is 6.92 Å². The highest BCUT2D eigenvalue weighted by Crippen LogP contribution is 2.38. The summed E-state index contributed by atoms with van der Waals surface area (Å²) < 4.78 is 43.5. The van der Waals surface area contributed by atoms with Crippen LogP contribution in [-0.4, -0.2) is 11.1 Å². The minimum Gasteiger partial charge on any atom is -0.475 e. The van der Waals surface area contributed by atoms with Crippen LogP contribution in [0.4, 0.5) is 13.2 Å². The molecular formula is C13H9F3O3. The Kier molecular flexibility index (Phi) is 3.09. The lowest BCUT2D eigenvalue weighted by Gasteiger charge is -2.11. The summed E-state index contributed by atoms with van der Waals surface area (Å²) >= 11 is 0. The molecule has 3 nitrogen and oxygen atoms in total. The molecule has 0 unspecified atom stereocenters. The first-order valence-electron chi connectivity index (χ1n) is 5.30. The molecule has 100 valence electrons. The molecule has 6 heteroatoms. The largest absolute Gasteiger partial charge is 0.475 e. The molecule has 0 amide bonds. The molecule has 0 spiro atoms. The van der Waals surface area contributed by atoms with Crippen molar-refractivity contribution in [2.45, 2.75) is 13.1 Å². The first-order chi connectivity index (χ1) is 8.79. The van der Waals surface area contributed by atoms with Crippen molar-refractivity contribution in [3.05, 3.63) is 47.2 Å². The molecule has 1 aromatic carbocycles. The van der Waals surface area contributed by atoms with E-state index < -0.39 is 23.5 Å². The number of hydrogen-bond acceptors (Lipinski definition) is 2. The van der Waals surface area contributed by atoms with E-state index in [1.54, 1.807) is 6.92 Å². The molecule has 2 rings (SSSR count). The lowest BCUT2D eigenvalue weighted by molar-refractivity contribution is -0.137. The van der Waals surface area contributed by atoms with E-state index in [-0.39, 0.29) is 11.3 Å². The number of alkyl halides is 3. The average Bonchev–Trinajstić information content (AvgIpc) is 2.76. The van der Waals surface area contributed by atoms with Crippen molar-refractivity contribution in [2.75, 3.05) is 0 Å². The standard InChI is InChI=1S/C13H9F3O3/c1-7-2-3-9(13(14,15)16)8(6-7)10-4-5-11(19-10)12(17)18/h2-6H,1H3,(H,17,18). The first kappa shape index (κ1) is 13.2. The van der Waals surface area contributed by atoms with Crippen molar-refractivity contribution in [1.82, 2.24) is 0 Å². The Morgan fingerprint density at radius 1 is 1.21 bits per heavy atom. The highest BCUT2D eigenvalue weighted by atomic mass is 19.4. The van der Waals surface area contributed by atoms with Gasteiger partial charge in [-0.15, -0.1) is 0 Å². The molecule has 0 aliphatic carbocycles. The van der Waals surface area contributed by atoms with Crippen molar-refractivity contribution < 1.29 is 27.5 Å². The van der Waals surface area contributed by atoms with Gasteiger partial charge in [0.05, 0.1) is 5.56 Å². The van der Waals surface area contributed by atoms with E-state index in [9.17, 15) is 18.0 Å². The number of furan rings is 1. The van der Waals surface area contributed by atoms with Gasteiger partial charge in [-0.3, -0.25) is 0 Å². The van der Waals surface area contributed by atoms with Crippen LogP contribution in [-0.2, 0) is 6.18 Å². The Labute approximate surface area is 106 Å². The fourth-order valence-electron chi connectivity index (χ4n) is 1.71. The number of aryl methyl sites for hydroxylation is 1. The number of carboxylic acids is 1. The van der Waals surface area contributed by atoms with E-state index in [4.69, 9.17) is 9.52 Å². The zero-order chi connectivity index (χ0) is 14.2. The van der Waals surface area contributed by atoms with Gasteiger partial charge < -0.3 is 9.52 Å². The Morgan fingerprint density at radius 3 is 2.42 bits per heavy atom. The smallest absolute Gasteiger partial charge is 0.417 e. The van der Waals surface area contributed by atoms with Gasteiger partial charge in [0.25, 0.3) is 0 Å². The summed E-state index contributed by atoms with van der Waals surface area (Å²) in [6.07, 6.45) is -4.53. The Balaban J connectivity index is 2.59. The van der Waals surface area contributed by atoms with Gasteiger partial charge in [-0.25, -0.2) is 4.79 Å². The number of benzene rings is 1. The van der Waals surface area contributed by atoms with E-state index in [1.165, 1.54) is 18.2 Å². The molecule has 0 bridgehead atoms. The molecule has 0 fully saturated rings. The number of rotatable bonds is 2. The summed E-state index contributed by atoms with van der Waals surface area (Å²) in [5.41, 5.74) is -0.402. The van der Waals surface area contributed by atoms with Crippen molar-refractivity contribution in [3.8, 4) is 11.3 Å². The Morgan fingerprint density at radius 2 is 1.89 bits per heavy atom. The van der Waals surface area contributed by atoms with E-state index in [0.29, 0.717) is 5.56 Å².